The number of nitrogens with one attached hydrogen (secondary N) is 1. The van der Waals surface area contributed by atoms with E-state index in [0.29, 0.717) is 18.0 Å². The van der Waals surface area contributed by atoms with Crippen molar-refractivity contribution in [2.24, 2.45) is 0 Å². The van der Waals surface area contributed by atoms with Gasteiger partial charge in [-0.1, -0.05) is 27.4 Å². The van der Waals surface area contributed by atoms with Gasteiger partial charge in [-0.3, -0.25) is 4.79 Å². The standard InChI is InChI=1S/C16H23NO4S2/c1-12(15(18)17-10-11-22-16(2,3)4)23(19,20)14-8-6-13(21-5)7-9-14/h6-9H,1,10-11H2,2-5H3,(H,17,18). The molecular formula is C16H23NO4S2. The average Bonchev–Trinajstić information content (AvgIpc) is 2.49. The van der Waals surface area contributed by atoms with Gasteiger partial charge in [0.2, 0.25) is 9.84 Å². The van der Waals surface area contributed by atoms with E-state index in [1.54, 1.807) is 11.8 Å². The van der Waals surface area contributed by atoms with E-state index in [4.69, 9.17) is 4.74 Å². The lowest BCUT2D eigenvalue weighted by atomic mass is 10.3. The zero-order chi connectivity index (χ0) is 17.7. The number of benzene rings is 1. The first-order valence-electron chi connectivity index (χ1n) is 7.08. The Labute approximate surface area is 142 Å². The van der Waals surface area contributed by atoms with E-state index in [1.807, 2.05) is 0 Å². The molecule has 5 nitrogen and oxygen atoms in total. The number of rotatable bonds is 7. The van der Waals surface area contributed by atoms with Crippen molar-refractivity contribution in [3.63, 3.8) is 0 Å². The Kier molecular flexibility index (Phi) is 6.70. The first kappa shape index (κ1) is 19.6. The van der Waals surface area contributed by atoms with Gasteiger partial charge >= 0.3 is 0 Å². The van der Waals surface area contributed by atoms with Gasteiger partial charge in [-0.15, -0.1) is 0 Å². The second-order valence-corrected chi connectivity index (χ2v) is 9.71. The topological polar surface area (TPSA) is 72.5 Å². The van der Waals surface area contributed by atoms with Crippen LogP contribution in [-0.2, 0) is 14.6 Å². The van der Waals surface area contributed by atoms with Crippen molar-refractivity contribution in [3.05, 3.63) is 35.7 Å². The Bertz CT molecular complexity index is 658. The number of hydrogen-bond donors (Lipinski definition) is 1. The van der Waals surface area contributed by atoms with Crippen LogP contribution < -0.4 is 10.1 Å². The van der Waals surface area contributed by atoms with Crippen molar-refractivity contribution in [3.8, 4) is 5.75 Å². The maximum Gasteiger partial charge on any atom is 0.262 e. The van der Waals surface area contributed by atoms with E-state index in [2.05, 4.69) is 32.7 Å². The van der Waals surface area contributed by atoms with Crippen LogP contribution in [0.3, 0.4) is 0 Å². The van der Waals surface area contributed by atoms with Crippen molar-refractivity contribution in [1.29, 1.82) is 0 Å². The molecule has 0 saturated heterocycles. The van der Waals surface area contributed by atoms with Crippen LogP contribution in [0, 0.1) is 0 Å². The molecule has 0 saturated carbocycles. The summed E-state index contributed by atoms with van der Waals surface area (Å²) in [6, 6.07) is 5.83. The first-order valence-corrected chi connectivity index (χ1v) is 9.55. The summed E-state index contributed by atoms with van der Waals surface area (Å²) in [5, 5.41) is 2.59. The predicted molar refractivity (Wildman–Crippen MR) is 94.5 cm³/mol. The van der Waals surface area contributed by atoms with Gasteiger partial charge in [-0.05, 0) is 24.3 Å². The van der Waals surface area contributed by atoms with Gasteiger partial charge in [0.05, 0.1) is 12.0 Å². The number of amides is 1. The third-order valence-corrected chi connectivity index (χ3v) is 5.87. The Morgan fingerprint density at radius 1 is 1.26 bits per heavy atom. The number of carbonyl (C=O) groups is 1. The largest absolute Gasteiger partial charge is 0.497 e. The molecule has 0 aliphatic carbocycles. The highest BCUT2D eigenvalue weighted by Gasteiger charge is 2.24. The van der Waals surface area contributed by atoms with Crippen molar-refractivity contribution >= 4 is 27.5 Å². The van der Waals surface area contributed by atoms with Crippen LogP contribution in [0.2, 0.25) is 0 Å². The minimum absolute atomic E-state index is 0.0162. The second-order valence-electron chi connectivity index (χ2n) is 5.82. The maximum atomic E-state index is 12.4. The Morgan fingerprint density at radius 3 is 2.30 bits per heavy atom. The molecule has 0 radical (unpaired) electrons. The number of hydrogen-bond acceptors (Lipinski definition) is 5. The molecule has 0 aliphatic heterocycles. The Balaban J connectivity index is 2.68. The third-order valence-electron chi connectivity index (χ3n) is 2.87. The number of sulfone groups is 1. The molecule has 0 heterocycles. The van der Waals surface area contributed by atoms with E-state index in [1.165, 1.54) is 31.4 Å². The van der Waals surface area contributed by atoms with E-state index >= 15 is 0 Å². The van der Waals surface area contributed by atoms with Crippen LogP contribution in [0.1, 0.15) is 20.8 Å². The van der Waals surface area contributed by atoms with Crippen molar-refractivity contribution in [2.75, 3.05) is 19.4 Å². The molecule has 0 spiro atoms. The quantitative estimate of drug-likeness (QED) is 0.600. The van der Waals surface area contributed by atoms with Gasteiger partial charge in [0, 0.05) is 17.0 Å². The highest BCUT2D eigenvalue weighted by molar-refractivity contribution is 8.00. The van der Waals surface area contributed by atoms with Gasteiger partial charge in [-0.25, -0.2) is 8.42 Å². The molecule has 128 valence electrons. The predicted octanol–water partition coefficient (Wildman–Crippen LogP) is 2.63. The van der Waals surface area contributed by atoms with Gasteiger partial charge < -0.3 is 10.1 Å². The fourth-order valence-corrected chi connectivity index (χ4v) is 3.55. The molecule has 0 atom stereocenters. The molecular weight excluding hydrogens is 334 g/mol. The highest BCUT2D eigenvalue weighted by Crippen LogP contribution is 2.23. The summed E-state index contributed by atoms with van der Waals surface area (Å²) in [5.41, 5.74) is 0. The maximum absolute atomic E-state index is 12.4. The van der Waals surface area contributed by atoms with Crippen molar-refractivity contribution in [1.82, 2.24) is 5.32 Å². The summed E-state index contributed by atoms with van der Waals surface area (Å²) >= 11 is 1.69. The lowest BCUT2D eigenvalue weighted by Crippen LogP contribution is -2.30. The molecule has 1 aromatic carbocycles. The van der Waals surface area contributed by atoms with E-state index in [9.17, 15) is 13.2 Å². The SMILES string of the molecule is C=C(C(=O)NCCSC(C)(C)C)S(=O)(=O)c1ccc(OC)cc1. The number of methoxy groups -OCH3 is 1. The zero-order valence-corrected chi connectivity index (χ0v) is 15.5. The average molecular weight is 357 g/mol. The molecule has 23 heavy (non-hydrogen) atoms. The first-order chi connectivity index (χ1) is 10.6. The lowest BCUT2D eigenvalue weighted by Gasteiger charge is -2.17. The van der Waals surface area contributed by atoms with Gasteiger partial charge in [0.15, 0.2) is 0 Å². The number of thioether (sulfide) groups is 1. The van der Waals surface area contributed by atoms with Crippen LogP contribution >= 0.6 is 11.8 Å². The molecule has 1 rings (SSSR count). The molecule has 1 amide bonds. The summed E-state index contributed by atoms with van der Waals surface area (Å²) in [5.74, 6) is 0.569. The number of ether oxygens (including phenoxy) is 1. The van der Waals surface area contributed by atoms with Crippen LogP contribution in [-0.4, -0.2) is 38.5 Å². The fraction of sp³-hybridized carbons (Fsp3) is 0.438. The zero-order valence-electron chi connectivity index (χ0n) is 13.9. The van der Waals surface area contributed by atoms with Crippen molar-refractivity contribution < 1.29 is 17.9 Å². The lowest BCUT2D eigenvalue weighted by molar-refractivity contribution is -0.116. The van der Waals surface area contributed by atoms with Crippen LogP contribution in [0.4, 0.5) is 0 Å². The molecule has 1 aromatic rings. The highest BCUT2D eigenvalue weighted by atomic mass is 32.2. The van der Waals surface area contributed by atoms with E-state index in [0.717, 1.165) is 0 Å². The van der Waals surface area contributed by atoms with Crippen LogP contribution in [0.15, 0.2) is 40.6 Å². The van der Waals surface area contributed by atoms with Gasteiger partial charge in [0.1, 0.15) is 10.7 Å². The Morgan fingerprint density at radius 2 is 1.83 bits per heavy atom. The molecule has 0 aliphatic rings. The fourth-order valence-electron chi connectivity index (χ4n) is 1.64. The summed E-state index contributed by atoms with van der Waals surface area (Å²) < 4.78 is 29.8. The normalized spacial score (nSPS) is 11.8. The van der Waals surface area contributed by atoms with E-state index < -0.39 is 20.6 Å². The smallest absolute Gasteiger partial charge is 0.262 e. The molecule has 0 unspecified atom stereocenters. The number of carbonyl (C=O) groups excluding carboxylic acids is 1. The molecule has 0 bridgehead atoms. The minimum atomic E-state index is -3.90. The summed E-state index contributed by atoms with van der Waals surface area (Å²) in [6.07, 6.45) is 0. The Hall–Kier alpha value is -1.47. The summed E-state index contributed by atoms with van der Waals surface area (Å²) in [6.45, 7) is 10.0. The third kappa shape index (κ3) is 5.91. The van der Waals surface area contributed by atoms with Crippen molar-refractivity contribution in [2.45, 2.75) is 30.4 Å². The summed E-state index contributed by atoms with van der Waals surface area (Å²) in [4.78, 5) is 11.5. The molecule has 1 N–H and O–H groups in total. The monoisotopic (exact) mass is 357 g/mol. The molecule has 0 fully saturated rings. The van der Waals surface area contributed by atoms with Crippen LogP contribution in [0.5, 0.6) is 5.75 Å². The minimum Gasteiger partial charge on any atom is -0.497 e. The van der Waals surface area contributed by atoms with Gasteiger partial charge in [0.25, 0.3) is 5.91 Å². The van der Waals surface area contributed by atoms with Gasteiger partial charge in [-0.2, -0.15) is 11.8 Å². The van der Waals surface area contributed by atoms with Crippen LogP contribution in [0.25, 0.3) is 0 Å². The summed E-state index contributed by atoms with van der Waals surface area (Å²) in [7, 11) is -2.41. The second kappa shape index (κ2) is 7.88. The molecule has 7 heteroatoms. The van der Waals surface area contributed by atoms with E-state index in [-0.39, 0.29) is 9.64 Å². The molecule has 0 aromatic heterocycles.